The Morgan fingerprint density at radius 2 is 2.06 bits per heavy atom. The van der Waals surface area contributed by atoms with E-state index in [9.17, 15) is 4.79 Å². The van der Waals surface area contributed by atoms with Crippen LogP contribution in [0.2, 0.25) is 0 Å². The summed E-state index contributed by atoms with van der Waals surface area (Å²) < 4.78 is 1.67. The number of carbonyl (C=O) groups is 1. The maximum atomic E-state index is 11.7. The Labute approximate surface area is 99.2 Å². The highest BCUT2D eigenvalue weighted by Crippen LogP contribution is 2.16. The Morgan fingerprint density at radius 1 is 1.44 bits per heavy atom. The molecule has 90 valence electrons. The van der Waals surface area contributed by atoms with Crippen LogP contribution in [0, 0.1) is 0 Å². The zero-order valence-electron chi connectivity index (χ0n) is 9.80. The molecule has 6 nitrogen and oxygen atoms in total. The summed E-state index contributed by atoms with van der Waals surface area (Å²) in [6.07, 6.45) is 0. The van der Waals surface area contributed by atoms with Crippen molar-refractivity contribution in [3.05, 3.63) is 0 Å². The number of rotatable bonds is 5. The minimum absolute atomic E-state index is 0.108. The van der Waals surface area contributed by atoms with Crippen molar-refractivity contribution in [2.45, 2.75) is 19.0 Å². The molecule has 0 aliphatic rings. The Kier molecular flexibility index (Phi) is 4.60. The van der Waals surface area contributed by atoms with E-state index in [2.05, 4.69) is 10.2 Å². The molecule has 0 saturated heterocycles. The third kappa shape index (κ3) is 2.88. The standard InChI is InChI=1S/C9H17N5OS/c1-4-14(5-2)7(15)6-16-9-12-11-8(10)13(9)3/h4-6H2,1-3H3,(H2,10,11). The Hall–Kier alpha value is -1.24. The molecule has 0 aliphatic heterocycles. The van der Waals surface area contributed by atoms with E-state index < -0.39 is 0 Å². The van der Waals surface area contributed by atoms with Crippen molar-refractivity contribution in [3.8, 4) is 0 Å². The predicted molar refractivity (Wildman–Crippen MR) is 64.1 cm³/mol. The Morgan fingerprint density at radius 3 is 2.50 bits per heavy atom. The van der Waals surface area contributed by atoms with E-state index >= 15 is 0 Å². The fraction of sp³-hybridized carbons (Fsp3) is 0.667. The van der Waals surface area contributed by atoms with Gasteiger partial charge >= 0.3 is 0 Å². The monoisotopic (exact) mass is 243 g/mol. The lowest BCUT2D eigenvalue weighted by molar-refractivity contribution is -0.127. The third-order valence-corrected chi connectivity index (χ3v) is 3.31. The van der Waals surface area contributed by atoms with Crippen LogP contribution in [0.25, 0.3) is 0 Å². The van der Waals surface area contributed by atoms with Crippen molar-refractivity contribution in [2.24, 2.45) is 7.05 Å². The maximum Gasteiger partial charge on any atom is 0.233 e. The molecule has 16 heavy (non-hydrogen) atoms. The number of anilines is 1. The van der Waals surface area contributed by atoms with Gasteiger partial charge in [-0.15, -0.1) is 10.2 Å². The van der Waals surface area contributed by atoms with Crippen LogP contribution < -0.4 is 5.73 Å². The molecule has 0 atom stereocenters. The van der Waals surface area contributed by atoms with Gasteiger partial charge in [0.25, 0.3) is 0 Å². The van der Waals surface area contributed by atoms with E-state index in [0.29, 0.717) is 16.9 Å². The smallest absolute Gasteiger partial charge is 0.233 e. The number of carbonyl (C=O) groups excluding carboxylic acids is 1. The molecule has 1 rings (SSSR count). The van der Waals surface area contributed by atoms with E-state index in [1.165, 1.54) is 11.8 Å². The molecule has 1 aromatic rings. The van der Waals surface area contributed by atoms with Gasteiger partial charge < -0.3 is 10.6 Å². The lowest BCUT2D eigenvalue weighted by atomic mass is 10.5. The molecule has 0 spiro atoms. The molecule has 0 radical (unpaired) electrons. The number of nitrogens with zero attached hydrogens (tertiary/aromatic N) is 4. The van der Waals surface area contributed by atoms with Gasteiger partial charge in [-0.3, -0.25) is 9.36 Å². The molecule has 0 saturated carbocycles. The second-order valence-corrected chi connectivity index (χ2v) is 4.20. The summed E-state index contributed by atoms with van der Waals surface area (Å²) in [7, 11) is 1.78. The zero-order chi connectivity index (χ0) is 12.1. The summed E-state index contributed by atoms with van der Waals surface area (Å²) in [5.74, 6) is 0.836. The summed E-state index contributed by atoms with van der Waals surface area (Å²) in [5.41, 5.74) is 5.54. The fourth-order valence-electron chi connectivity index (χ4n) is 1.25. The van der Waals surface area contributed by atoms with Crippen molar-refractivity contribution in [1.82, 2.24) is 19.7 Å². The van der Waals surface area contributed by atoms with Crippen molar-refractivity contribution >= 4 is 23.6 Å². The molecule has 0 fully saturated rings. The summed E-state index contributed by atoms with van der Waals surface area (Å²) in [5, 5.41) is 8.27. The fourth-order valence-corrected chi connectivity index (χ4v) is 2.07. The van der Waals surface area contributed by atoms with Crippen molar-refractivity contribution in [2.75, 3.05) is 24.6 Å². The van der Waals surface area contributed by atoms with Gasteiger partial charge in [-0.2, -0.15) is 0 Å². The second kappa shape index (κ2) is 5.74. The van der Waals surface area contributed by atoms with Crippen LogP contribution in [-0.2, 0) is 11.8 Å². The molecule has 1 heterocycles. The van der Waals surface area contributed by atoms with E-state index in [4.69, 9.17) is 5.73 Å². The minimum Gasteiger partial charge on any atom is -0.368 e. The summed E-state index contributed by atoms with van der Waals surface area (Å²) >= 11 is 1.35. The van der Waals surface area contributed by atoms with Gasteiger partial charge in [0, 0.05) is 20.1 Å². The summed E-state index contributed by atoms with van der Waals surface area (Å²) in [6.45, 7) is 5.40. The number of nitrogens with two attached hydrogens (primary N) is 1. The molecule has 0 aliphatic carbocycles. The highest BCUT2D eigenvalue weighted by atomic mass is 32.2. The lowest BCUT2D eigenvalue weighted by Crippen LogP contribution is -2.31. The molecule has 1 amide bonds. The predicted octanol–water partition coefficient (Wildman–Crippen LogP) is 0.358. The van der Waals surface area contributed by atoms with Crippen LogP contribution >= 0.6 is 11.8 Å². The number of amides is 1. The number of thioether (sulfide) groups is 1. The zero-order valence-corrected chi connectivity index (χ0v) is 10.6. The van der Waals surface area contributed by atoms with Gasteiger partial charge in [0.05, 0.1) is 5.75 Å². The summed E-state index contributed by atoms with van der Waals surface area (Å²) in [6, 6.07) is 0. The molecular weight excluding hydrogens is 226 g/mol. The van der Waals surface area contributed by atoms with Crippen LogP contribution in [0.4, 0.5) is 5.95 Å². The van der Waals surface area contributed by atoms with Crippen LogP contribution in [0.3, 0.4) is 0 Å². The van der Waals surface area contributed by atoms with Crippen LogP contribution in [0.15, 0.2) is 5.16 Å². The maximum absolute atomic E-state index is 11.7. The van der Waals surface area contributed by atoms with Gasteiger partial charge in [-0.1, -0.05) is 11.8 Å². The largest absolute Gasteiger partial charge is 0.368 e. The average Bonchev–Trinajstić information content (AvgIpc) is 2.59. The van der Waals surface area contributed by atoms with Crippen molar-refractivity contribution in [1.29, 1.82) is 0 Å². The van der Waals surface area contributed by atoms with Crippen LogP contribution in [0.1, 0.15) is 13.8 Å². The first-order chi connectivity index (χ1) is 7.60. The number of hydrogen-bond donors (Lipinski definition) is 1. The lowest BCUT2D eigenvalue weighted by Gasteiger charge is -2.17. The molecule has 0 unspecified atom stereocenters. The SMILES string of the molecule is CCN(CC)C(=O)CSc1nnc(N)n1C. The molecule has 0 aromatic carbocycles. The highest BCUT2D eigenvalue weighted by Gasteiger charge is 2.12. The first-order valence-electron chi connectivity index (χ1n) is 5.15. The van der Waals surface area contributed by atoms with Crippen LogP contribution in [0.5, 0.6) is 0 Å². The number of aromatic nitrogens is 3. The third-order valence-electron chi connectivity index (χ3n) is 2.31. The highest BCUT2D eigenvalue weighted by molar-refractivity contribution is 7.99. The first-order valence-corrected chi connectivity index (χ1v) is 6.14. The van der Waals surface area contributed by atoms with Gasteiger partial charge in [0.1, 0.15) is 0 Å². The second-order valence-electron chi connectivity index (χ2n) is 3.25. The van der Waals surface area contributed by atoms with Gasteiger partial charge in [0.2, 0.25) is 11.9 Å². The van der Waals surface area contributed by atoms with Gasteiger partial charge in [-0.05, 0) is 13.8 Å². The van der Waals surface area contributed by atoms with Crippen molar-refractivity contribution in [3.63, 3.8) is 0 Å². The molecule has 0 bridgehead atoms. The summed E-state index contributed by atoms with van der Waals surface area (Å²) in [4.78, 5) is 13.5. The Balaban J connectivity index is 2.52. The van der Waals surface area contributed by atoms with Crippen molar-refractivity contribution < 1.29 is 4.79 Å². The number of hydrogen-bond acceptors (Lipinski definition) is 5. The molecule has 1 aromatic heterocycles. The van der Waals surface area contributed by atoms with E-state index in [-0.39, 0.29) is 5.91 Å². The minimum atomic E-state index is 0.108. The van der Waals surface area contributed by atoms with Gasteiger partial charge in [0.15, 0.2) is 5.16 Å². The van der Waals surface area contributed by atoms with E-state index in [0.717, 1.165) is 13.1 Å². The number of nitrogen functional groups attached to an aromatic ring is 1. The quantitative estimate of drug-likeness (QED) is 0.755. The topological polar surface area (TPSA) is 77.0 Å². The van der Waals surface area contributed by atoms with Gasteiger partial charge in [-0.25, -0.2) is 0 Å². The van der Waals surface area contributed by atoms with E-state index in [1.54, 1.807) is 16.5 Å². The molecular formula is C9H17N5OS. The van der Waals surface area contributed by atoms with Crippen LogP contribution in [-0.4, -0.2) is 44.4 Å². The first kappa shape index (κ1) is 12.8. The normalized spacial score (nSPS) is 10.4. The average molecular weight is 243 g/mol. The molecule has 7 heteroatoms. The Bertz CT molecular complexity index is 361. The molecule has 2 N–H and O–H groups in total. The van der Waals surface area contributed by atoms with E-state index in [1.807, 2.05) is 13.8 Å².